The molecule has 1 aromatic carbocycles. The van der Waals surface area contributed by atoms with Crippen LogP contribution in [0.4, 0.5) is 0 Å². The van der Waals surface area contributed by atoms with Crippen LogP contribution < -0.4 is 9.47 Å². The summed E-state index contributed by atoms with van der Waals surface area (Å²) < 4.78 is 16.6. The fourth-order valence-corrected chi connectivity index (χ4v) is 1.85. The summed E-state index contributed by atoms with van der Waals surface area (Å²) in [6, 6.07) is 7.57. The molecule has 1 atom stereocenters. The Morgan fingerprint density at radius 1 is 1.28 bits per heavy atom. The van der Waals surface area contributed by atoms with Gasteiger partial charge in [0.1, 0.15) is 13.2 Å². The molecular weight excluding hydrogens is 232 g/mol. The second-order valence-electron chi connectivity index (χ2n) is 4.20. The molecule has 2 rings (SSSR count). The molecule has 1 unspecified atom stereocenters. The molecule has 1 aliphatic heterocycles. The van der Waals surface area contributed by atoms with Gasteiger partial charge in [0.25, 0.3) is 0 Å². The molecule has 0 radical (unpaired) electrons. The van der Waals surface area contributed by atoms with Gasteiger partial charge < -0.3 is 14.2 Å². The van der Waals surface area contributed by atoms with E-state index in [1.54, 1.807) is 0 Å². The summed E-state index contributed by atoms with van der Waals surface area (Å²) >= 11 is 0. The topological polar surface area (TPSA) is 44.8 Å². The fraction of sp³-hybridized carbons (Fsp3) is 0.500. The van der Waals surface area contributed by atoms with Crippen molar-refractivity contribution in [2.75, 3.05) is 19.8 Å². The standard InChI is InChI=1S/C14H18O4/c1-2-16-13-5-3-4-6-14(13)18-10-12-8-7-11(15)9-17-12/h3-6,12H,2,7-10H2,1H3. The first-order valence-corrected chi connectivity index (χ1v) is 6.27. The van der Waals surface area contributed by atoms with Gasteiger partial charge in [0.2, 0.25) is 0 Å². The highest BCUT2D eigenvalue weighted by Crippen LogP contribution is 2.27. The molecule has 1 heterocycles. The SMILES string of the molecule is CCOc1ccccc1OCC1CCC(=O)CO1. The summed E-state index contributed by atoms with van der Waals surface area (Å²) in [4.78, 5) is 11.0. The number of ketones is 1. The molecule has 0 amide bonds. The zero-order valence-electron chi connectivity index (χ0n) is 10.6. The van der Waals surface area contributed by atoms with Gasteiger partial charge in [0, 0.05) is 6.42 Å². The zero-order chi connectivity index (χ0) is 12.8. The third-order valence-corrected chi connectivity index (χ3v) is 2.80. The highest BCUT2D eigenvalue weighted by atomic mass is 16.5. The summed E-state index contributed by atoms with van der Waals surface area (Å²) in [6.45, 7) is 3.21. The third kappa shape index (κ3) is 3.47. The van der Waals surface area contributed by atoms with Crippen molar-refractivity contribution in [1.82, 2.24) is 0 Å². The van der Waals surface area contributed by atoms with Crippen LogP contribution in [0.5, 0.6) is 11.5 Å². The Bertz CT molecular complexity index is 393. The van der Waals surface area contributed by atoms with Crippen molar-refractivity contribution in [3.8, 4) is 11.5 Å². The Labute approximate surface area is 107 Å². The molecule has 0 aromatic heterocycles. The zero-order valence-corrected chi connectivity index (χ0v) is 10.6. The van der Waals surface area contributed by atoms with Crippen LogP contribution in [0.25, 0.3) is 0 Å². The number of para-hydroxylation sites is 2. The van der Waals surface area contributed by atoms with Crippen LogP contribution >= 0.6 is 0 Å². The molecule has 0 bridgehead atoms. The van der Waals surface area contributed by atoms with Crippen LogP contribution in [0.2, 0.25) is 0 Å². The molecule has 4 heteroatoms. The summed E-state index contributed by atoms with van der Waals surface area (Å²) in [5.41, 5.74) is 0. The predicted molar refractivity (Wildman–Crippen MR) is 67.1 cm³/mol. The van der Waals surface area contributed by atoms with E-state index in [9.17, 15) is 4.79 Å². The Hall–Kier alpha value is -1.55. The van der Waals surface area contributed by atoms with Crippen molar-refractivity contribution in [3.05, 3.63) is 24.3 Å². The highest BCUT2D eigenvalue weighted by Gasteiger charge is 2.20. The summed E-state index contributed by atoms with van der Waals surface area (Å²) in [5, 5.41) is 0. The van der Waals surface area contributed by atoms with Crippen LogP contribution in [0.15, 0.2) is 24.3 Å². The van der Waals surface area contributed by atoms with E-state index in [0.29, 0.717) is 19.6 Å². The van der Waals surface area contributed by atoms with Gasteiger partial charge in [-0.3, -0.25) is 4.79 Å². The fourth-order valence-electron chi connectivity index (χ4n) is 1.85. The van der Waals surface area contributed by atoms with Gasteiger partial charge in [0.05, 0.1) is 12.7 Å². The van der Waals surface area contributed by atoms with Crippen molar-refractivity contribution in [3.63, 3.8) is 0 Å². The number of rotatable bonds is 5. The minimum atomic E-state index is -0.00242. The number of Topliss-reactive ketones (excluding diaryl/α,β-unsaturated/α-hetero) is 1. The first-order chi connectivity index (χ1) is 8.79. The van der Waals surface area contributed by atoms with Gasteiger partial charge in [-0.15, -0.1) is 0 Å². The van der Waals surface area contributed by atoms with Gasteiger partial charge in [-0.2, -0.15) is 0 Å². The molecule has 0 N–H and O–H groups in total. The first kappa shape index (κ1) is 12.9. The molecule has 4 nitrogen and oxygen atoms in total. The summed E-state index contributed by atoms with van der Waals surface area (Å²) in [5.74, 6) is 1.63. The minimum Gasteiger partial charge on any atom is -0.490 e. The molecule has 1 fully saturated rings. The van der Waals surface area contributed by atoms with Crippen molar-refractivity contribution in [2.24, 2.45) is 0 Å². The number of hydrogen-bond donors (Lipinski definition) is 0. The van der Waals surface area contributed by atoms with Gasteiger partial charge in [-0.25, -0.2) is 0 Å². The molecular formula is C14H18O4. The van der Waals surface area contributed by atoms with Crippen molar-refractivity contribution in [1.29, 1.82) is 0 Å². The maximum Gasteiger partial charge on any atom is 0.161 e. The Kier molecular flexibility index (Phi) is 4.59. The highest BCUT2D eigenvalue weighted by molar-refractivity contribution is 5.80. The second-order valence-corrected chi connectivity index (χ2v) is 4.20. The molecule has 0 aliphatic carbocycles. The van der Waals surface area contributed by atoms with E-state index in [4.69, 9.17) is 14.2 Å². The lowest BCUT2D eigenvalue weighted by Gasteiger charge is -2.22. The second kappa shape index (κ2) is 6.40. The molecule has 0 saturated carbocycles. The van der Waals surface area contributed by atoms with Gasteiger partial charge in [-0.05, 0) is 25.5 Å². The lowest BCUT2D eigenvalue weighted by molar-refractivity contribution is -0.132. The van der Waals surface area contributed by atoms with E-state index >= 15 is 0 Å². The number of ether oxygens (including phenoxy) is 3. The summed E-state index contributed by atoms with van der Waals surface area (Å²) in [6.07, 6.45) is 1.31. The maximum atomic E-state index is 11.0. The number of carbonyl (C=O) groups excluding carboxylic acids is 1. The van der Waals surface area contributed by atoms with E-state index in [1.165, 1.54) is 0 Å². The number of hydrogen-bond acceptors (Lipinski definition) is 4. The van der Waals surface area contributed by atoms with Crippen LogP contribution in [0, 0.1) is 0 Å². The lowest BCUT2D eigenvalue weighted by Crippen LogP contribution is -2.30. The predicted octanol–water partition coefficient (Wildman–Crippen LogP) is 2.21. The molecule has 1 aromatic rings. The maximum absolute atomic E-state index is 11.0. The molecule has 1 saturated heterocycles. The van der Waals surface area contributed by atoms with Crippen LogP contribution in [-0.2, 0) is 9.53 Å². The monoisotopic (exact) mass is 250 g/mol. The summed E-state index contributed by atoms with van der Waals surface area (Å²) in [7, 11) is 0. The number of benzene rings is 1. The van der Waals surface area contributed by atoms with Gasteiger partial charge in [0.15, 0.2) is 17.3 Å². The van der Waals surface area contributed by atoms with Crippen LogP contribution in [0.1, 0.15) is 19.8 Å². The first-order valence-electron chi connectivity index (χ1n) is 6.27. The smallest absolute Gasteiger partial charge is 0.161 e. The largest absolute Gasteiger partial charge is 0.490 e. The Morgan fingerprint density at radius 3 is 2.61 bits per heavy atom. The average Bonchev–Trinajstić information content (AvgIpc) is 2.40. The van der Waals surface area contributed by atoms with Crippen molar-refractivity contribution < 1.29 is 19.0 Å². The van der Waals surface area contributed by atoms with E-state index in [-0.39, 0.29) is 18.5 Å². The van der Waals surface area contributed by atoms with E-state index in [0.717, 1.165) is 17.9 Å². The van der Waals surface area contributed by atoms with Crippen LogP contribution in [-0.4, -0.2) is 31.7 Å². The van der Waals surface area contributed by atoms with E-state index in [1.807, 2.05) is 31.2 Å². The Balaban J connectivity index is 1.87. The minimum absolute atomic E-state index is 0.00242. The van der Waals surface area contributed by atoms with Crippen LogP contribution in [0.3, 0.4) is 0 Å². The van der Waals surface area contributed by atoms with Gasteiger partial charge >= 0.3 is 0 Å². The van der Waals surface area contributed by atoms with Crippen molar-refractivity contribution in [2.45, 2.75) is 25.9 Å². The molecule has 0 spiro atoms. The third-order valence-electron chi connectivity index (χ3n) is 2.80. The lowest BCUT2D eigenvalue weighted by atomic mass is 10.1. The molecule has 98 valence electrons. The average molecular weight is 250 g/mol. The Morgan fingerprint density at radius 2 is 2.00 bits per heavy atom. The normalized spacial score (nSPS) is 19.6. The van der Waals surface area contributed by atoms with E-state index < -0.39 is 0 Å². The number of carbonyl (C=O) groups is 1. The van der Waals surface area contributed by atoms with E-state index in [2.05, 4.69) is 0 Å². The molecule has 1 aliphatic rings. The van der Waals surface area contributed by atoms with Gasteiger partial charge in [-0.1, -0.05) is 12.1 Å². The van der Waals surface area contributed by atoms with Crippen molar-refractivity contribution >= 4 is 5.78 Å². The quantitative estimate of drug-likeness (QED) is 0.803. The molecule has 18 heavy (non-hydrogen) atoms.